The molecule has 0 aromatic heterocycles. The number of amides is 1. The predicted octanol–water partition coefficient (Wildman–Crippen LogP) is 3.87. The van der Waals surface area contributed by atoms with Crippen LogP contribution in [0.5, 0.6) is 0 Å². The van der Waals surface area contributed by atoms with Gasteiger partial charge in [0.1, 0.15) is 5.82 Å². The van der Waals surface area contributed by atoms with Crippen LogP contribution in [0, 0.1) is 11.7 Å². The second-order valence-corrected chi connectivity index (χ2v) is 5.48. The fourth-order valence-corrected chi connectivity index (χ4v) is 2.93. The number of carbonyl (C=O) groups is 1. The molecule has 1 amide bonds. The number of carbonyl (C=O) groups excluding carboxylic acids is 1. The Morgan fingerprint density at radius 3 is 2.47 bits per heavy atom. The first-order valence-corrected chi connectivity index (χ1v) is 7.15. The molecule has 2 nitrogen and oxygen atoms in total. The van der Waals surface area contributed by atoms with Crippen LogP contribution in [0.15, 0.2) is 24.3 Å². The summed E-state index contributed by atoms with van der Waals surface area (Å²) in [5, 5.41) is 0. The smallest absolute Gasteiger partial charge is 0.256 e. The van der Waals surface area contributed by atoms with Gasteiger partial charge in [0.25, 0.3) is 5.91 Å². The molecule has 0 atom stereocenters. The molecule has 0 N–H and O–H groups in total. The van der Waals surface area contributed by atoms with Crippen LogP contribution in [0.1, 0.15) is 49.4 Å². The number of halogens is 1. The molecule has 104 valence electrons. The molecule has 1 aromatic rings. The first-order chi connectivity index (χ1) is 9.13. The average molecular weight is 263 g/mol. The van der Waals surface area contributed by atoms with E-state index < -0.39 is 5.82 Å². The molecule has 0 heterocycles. The second-order valence-electron chi connectivity index (χ2n) is 5.48. The van der Waals surface area contributed by atoms with Gasteiger partial charge >= 0.3 is 0 Å². The van der Waals surface area contributed by atoms with E-state index in [1.807, 2.05) is 0 Å². The Hall–Kier alpha value is -1.38. The van der Waals surface area contributed by atoms with Crippen molar-refractivity contribution in [3.05, 3.63) is 35.6 Å². The molecule has 1 aromatic carbocycles. The monoisotopic (exact) mass is 263 g/mol. The van der Waals surface area contributed by atoms with Gasteiger partial charge in [-0.3, -0.25) is 4.79 Å². The SMILES string of the molecule is CCC1CCC(N(C)C(=O)c2ccccc2F)CC1. The van der Waals surface area contributed by atoms with Crippen LogP contribution in [-0.4, -0.2) is 23.9 Å². The summed E-state index contributed by atoms with van der Waals surface area (Å²) in [4.78, 5) is 14.0. The van der Waals surface area contributed by atoms with Crippen LogP contribution < -0.4 is 0 Å². The maximum Gasteiger partial charge on any atom is 0.256 e. The molecule has 0 bridgehead atoms. The van der Waals surface area contributed by atoms with Crippen LogP contribution in [0.2, 0.25) is 0 Å². The molecule has 0 aliphatic heterocycles. The highest BCUT2D eigenvalue weighted by atomic mass is 19.1. The molecule has 1 fully saturated rings. The van der Waals surface area contributed by atoms with E-state index in [1.54, 1.807) is 30.1 Å². The summed E-state index contributed by atoms with van der Waals surface area (Å²) >= 11 is 0. The molecule has 0 unspecified atom stereocenters. The summed E-state index contributed by atoms with van der Waals surface area (Å²) in [6.45, 7) is 2.22. The highest BCUT2D eigenvalue weighted by molar-refractivity contribution is 5.94. The van der Waals surface area contributed by atoms with Crippen LogP contribution in [0.25, 0.3) is 0 Å². The van der Waals surface area contributed by atoms with Crippen molar-refractivity contribution >= 4 is 5.91 Å². The van der Waals surface area contributed by atoms with Crippen molar-refractivity contribution in [2.75, 3.05) is 7.05 Å². The van der Waals surface area contributed by atoms with Gasteiger partial charge < -0.3 is 4.90 Å². The van der Waals surface area contributed by atoms with E-state index in [0.717, 1.165) is 18.8 Å². The predicted molar refractivity (Wildman–Crippen MR) is 74.5 cm³/mol. The van der Waals surface area contributed by atoms with Gasteiger partial charge in [0, 0.05) is 13.1 Å². The van der Waals surface area contributed by atoms with Gasteiger partial charge in [0.2, 0.25) is 0 Å². The minimum atomic E-state index is -0.429. The van der Waals surface area contributed by atoms with E-state index in [4.69, 9.17) is 0 Å². The second kappa shape index (κ2) is 6.18. The molecule has 3 heteroatoms. The molecule has 0 saturated heterocycles. The van der Waals surface area contributed by atoms with Crippen molar-refractivity contribution in [3.63, 3.8) is 0 Å². The molecule has 0 spiro atoms. The standard InChI is InChI=1S/C16H22FNO/c1-3-12-8-10-13(11-9-12)18(2)16(19)14-6-4-5-7-15(14)17/h4-7,12-13H,3,8-11H2,1-2H3. The molecule has 19 heavy (non-hydrogen) atoms. The van der Waals surface area contributed by atoms with Crippen LogP contribution in [0.4, 0.5) is 4.39 Å². The van der Waals surface area contributed by atoms with E-state index in [9.17, 15) is 9.18 Å². The zero-order valence-corrected chi connectivity index (χ0v) is 11.7. The van der Waals surface area contributed by atoms with Gasteiger partial charge in [-0.1, -0.05) is 25.5 Å². The zero-order valence-electron chi connectivity index (χ0n) is 11.7. The quantitative estimate of drug-likeness (QED) is 0.810. The lowest BCUT2D eigenvalue weighted by atomic mass is 9.84. The van der Waals surface area contributed by atoms with Gasteiger partial charge in [-0.05, 0) is 43.7 Å². The minimum Gasteiger partial charge on any atom is -0.339 e. The highest BCUT2D eigenvalue weighted by Gasteiger charge is 2.27. The molecule has 1 aliphatic rings. The summed E-state index contributed by atoms with van der Waals surface area (Å²) < 4.78 is 13.6. The highest BCUT2D eigenvalue weighted by Crippen LogP contribution is 2.29. The lowest BCUT2D eigenvalue weighted by molar-refractivity contribution is 0.0670. The van der Waals surface area contributed by atoms with E-state index in [-0.39, 0.29) is 17.5 Å². The van der Waals surface area contributed by atoms with E-state index in [0.29, 0.717) is 0 Å². The van der Waals surface area contributed by atoms with E-state index in [1.165, 1.54) is 25.3 Å². The Bertz CT molecular complexity index is 438. The normalized spacial score (nSPS) is 23.1. The van der Waals surface area contributed by atoms with Crippen LogP contribution in [0.3, 0.4) is 0 Å². The van der Waals surface area contributed by atoms with Gasteiger partial charge in [0.15, 0.2) is 0 Å². The number of hydrogen-bond acceptors (Lipinski definition) is 1. The summed E-state index contributed by atoms with van der Waals surface area (Å²) in [5.74, 6) is 0.174. The van der Waals surface area contributed by atoms with Crippen molar-refractivity contribution in [2.45, 2.75) is 45.1 Å². The minimum absolute atomic E-state index is 0.183. The fraction of sp³-hybridized carbons (Fsp3) is 0.562. The van der Waals surface area contributed by atoms with Crippen molar-refractivity contribution in [1.29, 1.82) is 0 Å². The maximum atomic E-state index is 13.6. The lowest BCUT2D eigenvalue weighted by Crippen LogP contribution is -2.39. The van der Waals surface area contributed by atoms with Gasteiger partial charge in [-0.2, -0.15) is 0 Å². The van der Waals surface area contributed by atoms with E-state index in [2.05, 4.69) is 6.92 Å². The molecular formula is C16H22FNO. The summed E-state index contributed by atoms with van der Waals surface area (Å²) in [5.41, 5.74) is 0.183. The number of benzene rings is 1. The van der Waals surface area contributed by atoms with Crippen molar-refractivity contribution in [3.8, 4) is 0 Å². The molecule has 1 aliphatic carbocycles. The van der Waals surface area contributed by atoms with Crippen molar-refractivity contribution in [1.82, 2.24) is 4.90 Å². The third kappa shape index (κ3) is 3.14. The molecule has 1 saturated carbocycles. The Labute approximate surface area is 114 Å². The van der Waals surface area contributed by atoms with Gasteiger partial charge in [0.05, 0.1) is 5.56 Å². The van der Waals surface area contributed by atoms with Crippen LogP contribution >= 0.6 is 0 Å². The first-order valence-electron chi connectivity index (χ1n) is 7.15. The Balaban J connectivity index is 2.02. The number of nitrogens with zero attached hydrogens (tertiary/aromatic N) is 1. The topological polar surface area (TPSA) is 20.3 Å². The first kappa shape index (κ1) is 14.0. The zero-order chi connectivity index (χ0) is 13.8. The molecular weight excluding hydrogens is 241 g/mol. The Kier molecular flexibility index (Phi) is 4.56. The van der Waals surface area contributed by atoms with Gasteiger partial charge in [-0.15, -0.1) is 0 Å². The Morgan fingerprint density at radius 1 is 1.26 bits per heavy atom. The fourth-order valence-electron chi connectivity index (χ4n) is 2.93. The third-order valence-corrected chi connectivity index (χ3v) is 4.37. The summed E-state index contributed by atoms with van der Waals surface area (Å²) in [6.07, 6.45) is 5.65. The molecule has 0 radical (unpaired) electrons. The number of hydrogen-bond donors (Lipinski definition) is 0. The third-order valence-electron chi connectivity index (χ3n) is 4.37. The summed E-state index contributed by atoms with van der Waals surface area (Å²) in [7, 11) is 1.80. The van der Waals surface area contributed by atoms with Gasteiger partial charge in [-0.25, -0.2) is 4.39 Å². The number of rotatable bonds is 3. The maximum absolute atomic E-state index is 13.6. The largest absolute Gasteiger partial charge is 0.339 e. The van der Waals surface area contributed by atoms with Crippen molar-refractivity contribution in [2.24, 2.45) is 5.92 Å². The average Bonchev–Trinajstić information content (AvgIpc) is 2.46. The van der Waals surface area contributed by atoms with E-state index >= 15 is 0 Å². The Morgan fingerprint density at radius 2 is 1.89 bits per heavy atom. The lowest BCUT2D eigenvalue weighted by Gasteiger charge is -2.34. The summed E-state index contributed by atoms with van der Waals surface area (Å²) in [6, 6.07) is 6.48. The van der Waals surface area contributed by atoms with Crippen molar-refractivity contribution < 1.29 is 9.18 Å². The van der Waals surface area contributed by atoms with Crippen LogP contribution in [-0.2, 0) is 0 Å². The molecule has 2 rings (SSSR count).